The molecule has 1 aromatic rings. The summed E-state index contributed by atoms with van der Waals surface area (Å²) in [7, 11) is 1.99. The number of fused-ring (bicyclic) bond motifs is 2. The molecule has 0 radical (unpaired) electrons. The highest BCUT2D eigenvalue weighted by Crippen LogP contribution is 2.45. The van der Waals surface area contributed by atoms with Gasteiger partial charge < -0.3 is 14.6 Å². The maximum Gasteiger partial charge on any atom is 0.231 e. The Hall–Kier alpha value is -0.780. The van der Waals surface area contributed by atoms with E-state index in [2.05, 4.69) is 20.8 Å². The van der Waals surface area contributed by atoms with Crippen LogP contribution in [0.3, 0.4) is 0 Å². The number of halogens is 1. The van der Waals surface area contributed by atoms with Crippen LogP contribution < -0.4 is 9.47 Å². The van der Waals surface area contributed by atoms with Crippen LogP contribution in [-0.4, -0.2) is 30.4 Å². The van der Waals surface area contributed by atoms with Crippen LogP contribution in [0.2, 0.25) is 0 Å². The van der Waals surface area contributed by atoms with Crippen molar-refractivity contribution in [1.82, 2.24) is 4.90 Å². The molecular formula is C11H12BrNO3. The monoisotopic (exact) mass is 285 g/mol. The Bertz CT molecular complexity index is 449. The second-order valence-electron chi connectivity index (χ2n) is 4.20. The summed E-state index contributed by atoms with van der Waals surface area (Å²) in [6, 6.07) is 1.89. The Labute approximate surface area is 102 Å². The number of β-amino-alcohol motifs (C(OH)–C–C–N with tert-alkyl or cyclic N) is 1. The normalized spacial score (nSPS) is 23.3. The first-order valence-electron chi connectivity index (χ1n) is 5.14. The van der Waals surface area contributed by atoms with Gasteiger partial charge in [0, 0.05) is 13.1 Å². The van der Waals surface area contributed by atoms with Gasteiger partial charge in [-0.25, -0.2) is 0 Å². The summed E-state index contributed by atoms with van der Waals surface area (Å²) in [6.07, 6.45) is -0.459. The molecule has 0 amide bonds. The third kappa shape index (κ3) is 1.43. The summed E-state index contributed by atoms with van der Waals surface area (Å²) in [5, 5.41) is 10.0. The van der Waals surface area contributed by atoms with Crippen molar-refractivity contribution in [2.45, 2.75) is 12.6 Å². The lowest BCUT2D eigenvalue weighted by Crippen LogP contribution is -2.30. The van der Waals surface area contributed by atoms with Gasteiger partial charge in [-0.1, -0.05) is 0 Å². The smallest absolute Gasteiger partial charge is 0.231 e. The zero-order valence-corrected chi connectivity index (χ0v) is 10.5. The summed E-state index contributed by atoms with van der Waals surface area (Å²) in [5.41, 5.74) is 2.03. The summed E-state index contributed by atoms with van der Waals surface area (Å²) in [6.45, 7) is 1.71. The highest BCUT2D eigenvalue weighted by molar-refractivity contribution is 9.10. The van der Waals surface area contributed by atoms with Crippen LogP contribution in [0, 0.1) is 0 Å². The molecular weight excluding hydrogens is 274 g/mol. The van der Waals surface area contributed by atoms with Crippen molar-refractivity contribution in [2.75, 3.05) is 20.4 Å². The van der Waals surface area contributed by atoms with Gasteiger partial charge in [0.1, 0.15) is 0 Å². The first kappa shape index (κ1) is 10.4. The fraction of sp³-hybridized carbons (Fsp3) is 0.455. The van der Waals surface area contributed by atoms with Crippen LogP contribution >= 0.6 is 15.9 Å². The standard InChI is InChI=1S/C11H12BrNO3/c1-13-3-7-6(8(14)4-13)2-9-11(10(7)12)16-5-15-9/h2,8,14H,3-5H2,1H3. The number of rotatable bonds is 0. The average molecular weight is 286 g/mol. The molecule has 1 atom stereocenters. The number of aliphatic hydroxyl groups excluding tert-OH is 1. The Morgan fingerprint density at radius 3 is 3.12 bits per heavy atom. The Kier molecular flexibility index (Phi) is 2.34. The van der Waals surface area contributed by atoms with Crippen molar-refractivity contribution in [3.05, 3.63) is 21.7 Å². The molecule has 4 nitrogen and oxygen atoms in total. The minimum Gasteiger partial charge on any atom is -0.454 e. The number of ether oxygens (including phenoxy) is 2. The zero-order chi connectivity index (χ0) is 11.3. The molecule has 2 heterocycles. The second kappa shape index (κ2) is 3.61. The van der Waals surface area contributed by atoms with Gasteiger partial charge in [-0.2, -0.15) is 0 Å². The number of aliphatic hydroxyl groups is 1. The Morgan fingerprint density at radius 1 is 1.50 bits per heavy atom. The average Bonchev–Trinajstić information content (AvgIpc) is 2.68. The summed E-state index contributed by atoms with van der Waals surface area (Å²) in [4.78, 5) is 2.08. The van der Waals surface area contributed by atoms with Crippen molar-refractivity contribution in [2.24, 2.45) is 0 Å². The number of hydrogen-bond donors (Lipinski definition) is 1. The lowest BCUT2D eigenvalue weighted by Gasteiger charge is -2.30. The lowest BCUT2D eigenvalue weighted by atomic mass is 9.97. The van der Waals surface area contributed by atoms with Gasteiger partial charge in [0.2, 0.25) is 6.79 Å². The minimum atomic E-state index is -0.459. The van der Waals surface area contributed by atoms with Crippen molar-refractivity contribution < 1.29 is 14.6 Å². The third-order valence-corrected chi connectivity index (χ3v) is 3.85. The van der Waals surface area contributed by atoms with Crippen molar-refractivity contribution in [3.8, 4) is 11.5 Å². The van der Waals surface area contributed by atoms with Crippen molar-refractivity contribution >= 4 is 15.9 Å². The van der Waals surface area contributed by atoms with Gasteiger partial charge in [-0.05, 0) is 40.2 Å². The van der Waals surface area contributed by atoms with Crippen LogP contribution in [0.5, 0.6) is 11.5 Å². The van der Waals surface area contributed by atoms with E-state index in [-0.39, 0.29) is 6.79 Å². The summed E-state index contributed by atoms with van der Waals surface area (Å²) >= 11 is 3.53. The second-order valence-corrected chi connectivity index (χ2v) is 5.00. The van der Waals surface area contributed by atoms with Gasteiger partial charge in [-0.3, -0.25) is 4.90 Å². The van der Waals surface area contributed by atoms with E-state index >= 15 is 0 Å². The topological polar surface area (TPSA) is 41.9 Å². The van der Waals surface area contributed by atoms with Gasteiger partial charge >= 0.3 is 0 Å². The van der Waals surface area contributed by atoms with Crippen LogP contribution in [0.4, 0.5) is 0 Å². The molecule has 0 fully saturated rings. The van der Waals surface area contributed by atoms with E-state index in [0.717, 1.165) is 27.9 Å². The van der Waals surface area contributed by atoms with Gasteiger partial charge in [0.05, 0.1) is 10.6 Å². The van der Waals surface area contributed by atoms with E-state index in [1.54, 1.807) is 0 Å². The molecule has 1 unspecified atom stereocenters. The number of nitrogens with zero attached hydrogens (tertiary/aromatic N) is 1. The first-order chi connectivity index (χ1) is 7.66. The number of hydrogen-bond acceptors (Lipinski definition) is 4. The molecule has 0 spiro atoms. The van der Waals surface area contributed by atoms with E-state index in [0.29, 0.717) is 12.3 Å². The summed E-state index contributed by atoms with van der Waals surface area (Å²) in [5.74, 6) is 1.47. The highest BCUT2D eigenvalue weighted by atomic mass is 79.9. The Balaban J connectivity index is 2.18. The van der Waals surface area contributed by atoms with Crippen LogP contribution in [0.25, 0.3) is 0 Å². The largest absolute Gasteiger partial charge is 0.454 e. The SMILES string of the molecule is CN1Cc2c(cc3c(c2Br)OCO3)C(O)C1. The molecule has 0 saturated heterocycles. The highest BCUT2D eigenvalue weighted by Gasteiger charge is 2.29. The predicted molar refractivity (Wildman–Crippen MR) is 61.6 cm³/mol. The number of benzene rings is 1. The van der Waals surface area contributed by atoms with E-state index in [1.165, 1.54) is 0 Å². The molecule has 0 saturated carbocycles. The molecule has 0 aliphatic carbocycles. The maximum absolute atomic E-state index is 10.0. The zero-order valence-electron chi connectivity index (χ0n) is 8.86. The Morgan fingerprint density at radius 2 is 2.31 bits per heavy atom. The molecule has 1 N–H and O–H groups in total. The molecule has 0 bridgehead atoms. The van der Waals surface area contributed by atoms with E-state index in [1.807, 2.05) is 13.1 Å². The molecule has 2 aliphatic heterocycles. The fourth-order valence-electron chi connectivity index (χ4n) is 2.25. The molecule has 3 rings (SSSR count). The van der Waals surface area contributed by atoms with E-state index in [9.17, 15) is 5.11 Å². The molecule has 16 heavy (non-hydrogen) atoms. The molecule has 2 aliphatic rings. The quantitative estimate of drug-likeness (QED) is 0.787. The van der Waals surface area contributed by atoms with Gasteiger partial charge in [-0.15, -0.1) is 0 Å². The van der Waals surface area contributed by atoms with Gasteiger partial charge in [0.15, 0.2) is 11.5 Å². The van der Waals surface area contributed by atoms with Gasteiger partial charge in [0.25, 0.3) is 0 Å². The van der Waals surface area contributed by atoms with E-state index in [4.69, 9.17) is 9.47 Å². The van der Waals surface area contributed by atoms with E-state index < -0.39 is 6.10 Å². The summed E-state index contributed by atoms with van der Waals surface area (Å²) < 4.78 is 11.6. The first-order valence-corrected chi connectivity index (χ1v) is 5.93. The third-order valence-electron chi connectivity index (χ3n) is 3.01. The van der Waals surface area contributed by atoms with Crippen LogP contribution in [0.15, 0.2) is 10.5 Å². The molecule has 0 aromatic heterocycles. The van der Waals surface area contributed by atoms with Crippen molar-refractivity contribution in [1.29, 1.82) is 0 Å². The van der Waals surface area contributed by atoms with Crippen LogP contribution in [0.1, 0.15) is 17.2 Å². The maximum atomic E-state index is 10.0. The predicted octanol–water partition coefficient (Wildman–Crippen LogP) is 1.66. The van der Waals surface area contributed by atoms with Crippen LogP contribution in [-0.2, 0) is 6.54 Å². The van der Waals surface area contributed by atoms with Crippen molar-refractivity contribution in [3.63, 3.8) is 0 Å². The molecule has 5 heteroatoms. The lowest BCUT2D eigenvalue weighted by molar-refractivity contribution is 0.107. The molecule has 1 aromatic carbocycles. The fourth-order valence-corrected chi connectivity index (χ4v) is 2.91. The minimum absolute atomic E-state index is 0.253. The molecule has 86 valence electrons. The number of likely N-dealkylation sites (N-methyl/N-ethyl adjacent to an activating group) is 1.